The Labute approximate surface area is 162 Å². The topological polar surface area (TPSA) is 95.8 Å². The van der Waals surface area contributed by atoms with Crippen molar-refractivity contribution in [3.05, 3.63) is 83.8 Å². The van der Waals surface area contributed by atoms with Gasteiger partial charge in [0.1, 0.15) is 12.2 Å². The number of aromatic amines is 1. The molecule has 0 bridgehead atoms. The molecular formula is C21H21N5O2. The normalized spacial score (nSPS) is 12.2. The highest BCUT2D eigenvalue weighted by Gasteiger charge is 2.19. The third-order valence-corrected chi connectivity index (χ3v) is 4.76. The number of aromatic nitrogens is 4. The summed E-state index contributed by atoms with van der Waals surface area (Å²) in [5.74, 6) is -0.139. The van der Waals surface area contributed by atoms with Crippen molar-refractivity contribution in [2.75, 3.05) is 6.54 Å². The Balaban J connectivity index is 1.54. The van der Waals surface area contributed by atoms with Crippen LogP contribution in [-0.2, 0) is 17.9 Å². The molecule has 0 aliphatic carbocycles. The van der Waals surface area contributed by atoms with Gasteiger partial charge in [0.2, 0.25) is 5.91 Å². The second-order valence-corrected chi connectivity index (χ2v) is 6.62. The monoisotopic (exact) mass is 375 g/mol. The summed E-state index contributed by atoms with van der Waals surface area (Å²) >= 11 is 0. The number of amides is 1. The van der Waals surface area contributed by atoms with Crippen LogP contribution >= 0.6 is 0 Å². The Morgan fingerprint density at radius 1 is 1.14 bits per heavy atom. The van der Waals surface area contributed by atoms with Crippen LogP contribution in [0.25, 0.3) is 10.9 Å². The maximum atomic E-state index is 12.4. The predicted molar refractivity (Wildman–Crippen MR) is 106 cm³/mol. The van der Waals surface area contributed by atoms with Gasteiger partial charge in [-0.05, 0) is 17.2 Å². The number of carbonyl (C=O) groups is 1. The number of fused-ring (bicyclic) bond motifs is 1. The zero-order chi connectivity index (χ0) is 19.3. The smallest absolute Gasteiger partial charge is 0.241 e. The molecule has 2 aromatic carbocycles. The average molecular weight is 375 g/mol. The molecule has 3 N–H and O–H groups in total. The lowest BCUT2D eigenvalue weighted by Gasteiger charge is -2.18. The first-order chi connectivity index (χ1) is 13.7. The predicted octanol–water partition coefficient (Wildman–Crippen LogP) is 2.20. The summed E-state index contributed by atoms with van der Waals surface area (Å²) in [6.07, 6.45) is 3.58. The average Bonchev–Trinajstić information content (AvgIpc) is 3.36. The third-order valence-electron chi connectivity index (χ3n) is 4.76. The summed E-state index contributed by atoms with van der Waals surface area (Å²) < 4.78 is 1.42. The Hall–Kier alpha value is -3.45. The Bertz CT molecular complexity index is 1070. The van der Waals surface area contributed by atoms with Crippen LogP contribution in [0.1, 0.15) is 22.7 Å². The Morgan fingerprint density at radius 2 is 1.93 bits per heavy atom. The fourth-order valence-corrected chi connectivity index (χ4v) is 3.38. The third kappa shape index (κ3) is 3.79. The molecule has 4 aromatic rings. The van der Waals surface area contributed by atoms with Crippen molar-refractivity contribution in [2.45, 2.75) is 19.1 Å². The summed E-state index contributed by atoms with van der Waals surface area (Å²) in [6.45, 7) is 0.326. The van der Waals surface area contributed by atoms with Gasteiger partial charge in [0.25, 0.3) is 0 Å². The molecule has 7 nitrogen and oxygen atoms in total. The number of hydrogen-bond acceptors (Lipinski definition) is 4. The summed E-state index contributed by atoms with van der Waals surface area (Å²) in [5, 5.41) is 20.8. The molecule has 7 heteroatoms. The summed E-state index contributed by atoms with van der Waals surface area (Å²) in [5.41, 5.74) is 3.79. The summed E-state index contributed by atoms with van der Waals surface area (Å²) in [6, 6.07) is 18.3. The highest BCUT2D eigenvalue weighted by molar-refractivity contribution is 5.84. The first kappa shape index (κ1) is 17.9. The Kier molecular flexibility index (Phi) is 5.16. The molecule has 1 unspecified atom stereocenters. The van der Waals surface area contributed by atoms with Crippen molar-refractivity contribution < 1.29 is 9.90 Å². The van der Waals surface area contributed by atoms with E-state index in [1.165, 1.54) is 4.68 Å². The van der Waals surface area contributed by atoms with E-state index >= 15 is 0 Å². The van der Waals surface area contributed by atoms with Crippen LogP contribution in [0.4, 0.5) is 0 Å². The highest BCUT2D eigenvalue weighted by atomic mass is 16.3. The van der Waals surface area contributed by atoms with Gasteiger partial charge in [-0.2, -0.15) is 0 Å². The number of hydrogen-bond donors (Lipinski definition) is 3. The van der Waals surface area contributed by atoms with E-state index in [9.17, 15) is 4.79 Å². The van der Waals surface area contributed by atoms with E-state index in [2.05, 4.69) is 38.8 Å². The number of para-hydroxylation sites is 1. The molecule has 0 saturated heterocycles. The molecule has 0 radical (unpaired) electrons. The SMILES string of the molecule is O=C(Cn1cc(CO)nn1)NCC(c1ccccc1)c1c[nH]c2ccccc12. The van der Waals surface area contributed by atoms with E-state index in [0.717, 1.165) is 22.0 Å². The molecule has 0 aliphatic heterocycles. The van der Waals surface area contributed by atoms with Gasteiger partial charge in [-0.25, -0.2) is 4.68 Å². The van der Waals surface area contributed by atoms with Crippen LogP contribution in [0.5, 0.6) is 0 Å². The number of aliphatic hydroxyl groups is 1. The van der Waals surface area contributed by atoms with E-state index in [4.69, 9.17) is 5.11 Å². The number of nitrogens with zero attached hydrogens (tertiary/aromatic N) is 3. The number of benzene rings is 2. The van der Waals surface area contributed by atoms with Gasteiger partial charge in [0.15, 0.2) is 0 Å². The lowest BCUT2D eigenvalue weighted by atomic mass is 9.91. The molecule has 1 atom stereocenters. The molecular weight excluding hydrogens is 354 g/mol. The number of H-pyrrole nitrogens is 1. The second-order valence-electron chi connectivity index (χ2n) is 6.62. The highest BCUT2D eigenvalue weighted by Crippen LogP contribution is 2.30. The van der Waals surface area contributed by atoms with Crippen molar-refractivity contribution >= 4 is 16.8 Å². The van der Waals surface area contributed by atoms with Crippen LogP contribution in [0.2, 0.25) is 0 Å². The van der Waals surface area contributed by atoms with Crippen molar-refractivity contribution in [3.63, 3.8) is 0 Å². The van der Waals surface area contributed by atoms with Crippen LogP contribution in [0, 0.1) is 0 Å². The van der Waals surface area contributed by atoms with Crippen molar-refractivity contribution in [3.8, 4) is 0 Å². The van der Waals surface area contributed by atoms with Crippen molar-refractivity contribution in [1.82, 2.24) is 25.3 Å². The van der Waals surface area contributed by atoms with Crippen LogP contribution in [0.3, 0.4) is 0 Å². The number of rotatable bonds is 7. The van der Waals surface area contributed by atoms with Gasteiger partial charge in [0.05, 0.1) is 12.8 Å². The summed E-state index contributed by atoms with van der Waals surface area (Å²) in [4.78, 5) is 15.7. The molecule has 2 aromatic heterocycles. The number of aliphatic hydroxyl groups excluding tert-OH is 1. The van der Waals surface area contributed by atoms with Crippen LogP contribution in [-0.4, -0.2) is 37.5 Å². The van der Waals surface area contributed by atoms with E-state index in [1.54, 1.807) is 6.20 Å². The first-order valence-electron chi connectivity index (χ1n) is 9.12. The zero-order valence-electron chi connectivity index (χ0n) is 15.2. The molecule has 1 amide bonds. The van der Waals surface area contributed by atoms with Crippen LogP contribution in [0.15, 0.2) is 67.0 Å². The van der Waals surface area contributed by atoms with E-state index in [1.807, 2.05) is 42.6 Å². The van der Waals surface area contributed by atoms with Crippen molar-refractivity contribution in [2.24, 2.45) is 0 Å². The van der Waals surface area contributed by atoms with Crippen LogP contribution < -0.4 is 5.32 Å². The largest absolute Gasteiger partial charge is 0.390 e. The lowest BCUT2D eigenvalue weighted by molar-refractivity contribution is -0.121. The molecule has 0 aliphatic rings. The maximum absolute atomic E-state index is 12.4. The minimum absolute atomic E-state index is 0.0186. The van der Waals surface area contributed by atoms with E-state index < -0.39 is 0 Å². The van der Waals surface area contributed by atoms with Gasteiger partial charge in [-0.1, -0.05) is 53.7 Å². The number of nitrogens with one attached hydrogen (secondary N) is 2. The standard InChI is InChI=1S/C21H21N5O2/c27-14-16-12-26(25-24-16)13-21(28)23-10-18(15-6-2-1-3-7-15)19-11-22-20-9-5-4-8-17(19)20/h1-9,11-12,18,22,27H,10,13-14H2,(H,23,28). The van der Waals surface area contributed by atoms with Gasteiger partial charge in [-0.15, -0.1) is 5.10 Å². The molecule has 4 rings (SSSR count). The molecule has 0 saturated carbocycles. The second kappa shape index (κ2) is 8.06. The molecule has 142 valence electrons. The Morgan fingerprint density at radius 3 is 2.71 bits per heavy atom. The van der Waals surface area contributed by atoms with Gasteiger partial charge >= 0.3 is 0 Å². The fraction of sp³-hybridized carbons (Fsp3) is 0.190. The zero-order valence-corrected chi connectivity index (χ0v) is 15.2. The quantitative estimate of drug-likeness (QED) is 0.461. The number of carbonyl (C=O) groups excluding carboxylic acids is 1. The molecule has 28 heavy (non-hydrogen) atoms. The minimum atomic E-state index is -0.196. The fourth-order valence-electron chi connectivity index (χ4n) is 3.38. The maximum Gasteiger partial charge on any atom is 0.241 e. The summed E-state index contributed by atoms with van der Waals surface area (Å²) in [7, 11) is 0. The van der Waals surface area contributed by atoms with Gasteiger partial charge in [0, 0.05) is 29.6 Å². The first-order valence-corrected chi connectivity index (χ1v) is 9.12. The molecule has 0 fully saturated rings. The molecule has 2 heterocycles. The molecule has 0 spiro atoms. The van der Waals surface area contributed by atoms with Gasteiger partial charge < -0.3 is 15.4 Å². The minimum Gasteiger partial charge on any atom is -0.390 e. The van der Waals surface area contributed by atoms with E-state index in [0.29, 0.717) is 12.2 Å². The lowest BCUT2D eigenvalue weighted by Crippen LogP contribution is -2.32. The van der Waals surface area contributed by atoms with Crippen molar-refractivity contribution in [1.29, 1.82) is 0 Å². The van der Waals surface area contributed by atoms with Gasteiger partial charge in [-0.3, -0.25) is 4.79 Å². The van der Waals surface area contributed by atoms with E-state index in [-0.39, 0.29) is 25.0 Å².